The van der Waals surface area contributed by atoms with Gasteiger partial charge in [0.25, 0.3) is 5.69 Å². The minimum atomic E-state index is -0.396. The van der Waals surface area contributed by atoms with Gasteiger partial charge in [-0.3, -0.25) is 10.1 Å². The molecule has 1 N–H and O–H groups in total. The van der Waals surface area contributed by atoms with Crippen LogP contribution in [0.5, 0.6) is 0 Å². The van der Waals surface area contributed by atoms with E-state index in [4.69, 9.17) is 0 Å². The Bertz CT molecular complexity index is 875. The predicted molar refractivity (Wildman–Crippen MR) is 96.8 cm³/mol. The number of rotatable bonds is 5. The molecule has 0 saturated carbocycles. The van der Waals surface area contributed by atoms with Crippen LogP contribution in [0.15, 0.2) is 59.2 Å². The number of benzene rings is 2. The first-order chi connectivity index (χ1) is 11.5. The highest BCUT2D eigenvalue weighted by molar-refractivity contribution is 9.10. The van der Waals surface area contributed by atoms with Crippen molar-refractivity contribution in [1.82, 2.24) is 9.55 Å². The Kier molecular flexibility index (Phi) is 4.61. The largest absolute Gasteiger partial charge is 0.352 e. The molecule has 0 bridgehead atoms. The summed E-state index contributed by atoms with van der Waals surface area (Å²) < 4.78 is 2.92. The molecule has 122 valence electrons. The molecule has 1 heterocycles. The molecule has 6 nitrogen and oxygen atoms in total. The van der Waals surface area contributed by atoms with Crippen LogP contribution in [0.3, 0.4) is 0 Å². The van der Waals surface area contributed by atoms with Crippen molar-refractivity contribution in [3.8, 4) is 11.3 Å². The van der Waals surface area contributed by atoms with Crippen molar-refractivity contribution in [2.45, 2.75) is 6.54 Å². The molecule has 1 aromatic heterocycles. The van der Waals surface area contributed by atoms with Crippen LogP contribution in [-0.2, 0) is 13.6 Å². The summed E-state index contributed by atoms with van der Waals surface area (Å²) in [7, 11) is 1.88. The molecule has 0 amide bonds. The summed E-state index contributed by atoms with van der Waals surface area (Å²) in [6.07, 6.45) is 1.71. The molecule has 0 spiro atoms. The molecule has 0 fully saturated rings. The highest BCUT2D eigenvalue weighted by Gasteiger charge is 2.12. The van der Waals surface area contributed by atoms with E-state index in [2.05, 4.69) is 26.2 Å². The lowest BCUT2D eigenvalue weighted by Gasteiger charge is -2.08. The van der Waals surface area contributed by atoms with Crippen LogP contribution >= 0.6 is 15.9 Å². The highest BCUT2D eigenvalue weighted by atomic mass is 79.9. The van der Waals surface area contributed by atoms with Crippen LogP contribution in [0, 0.1) is 10.1 Å². The van der Waals surface area contributed by atoms with Crippen LogP contribution in [0.25, 0.3) is 11.3 Å². The van der Waals surface area contributed by atoms with Gasteiger partial charge in [0, 0.05) is 35.8 Å². The molecule has 3 rings (SSSR count). The zero-order chi connectivity index (χ0) is 17.1. The van der Waals surface area contributed by atoms with Gasteiger partial charge in [-0.05, 0) is 17.7 Å². The number of nitrogens with zero attached hydrogens (tertiary/aromatic N) is 3. The summed E-state index contributed by atoms with van der Waals surface area (Å²) >= 11 is 3.41. The quantitative estimate of drug-likeness (QED) is 0.521. The average molecular weight is 387 g/mol. The topological polar surface area (TPSA) is 73.0 Å². The van der Waals surface area contributed by atoms with E-state index in [9.17, 15) is 10.1 Å². The van der Waals surface area contributed by atoms with Gasteiger partial charge in [-0.1, -0.05) is 40.2 Å². The Balaban J connectivity index is 1.79. The van der Waals surface area contributed by atoms with Crippen molar-refractivity contribution in [2.75, 3.05) is 5.32 Å². The lowest BCUT2D eigenvalue weighted by molar-refractivity contribution is -0.384. The van der Waals surface area contributed by atoms with Gasteiger partial charge >= 0.3 is 0 Å². The smallest absolute Gasteiger partial charge is 0.270 e. The molecule has 0 aliphatic carbocycles. The Hall–Kier alpha value is -2.67. The first-order valence-electron chi connectivity index (χ1n) is 7.29. The van der Waals surface area contributed by atoms with E-state index in [1.807, 2.05) is 41.9 Å². The summed E-state index contributed by atoms with van der Waals surface area (Å²) in [5.74, 6) is 0.708. The summed E-state index contributed by atoms with van der Waals surface area (Å²) in [4.78, 5) is 14.9. The summed E-state index contributed by atoms with van der Waals surface area (Å²) in [5.41, 5.74) is 2.78. The van der Waals surface area contributed by atoms with Gasteiger partial charge in [0.15, 0.2) is 0 Å². The van der Waals surface area contributed by atoms with E-state index in [-0.39, 0.29) is 5.69 Å². The molecule has 0 aliphatic rings. The Labute approximate surface area is 147 Å². The zero-order valence-corrected chi connectivity index (χ0v) is 14.5. The maximum absolute atomic E-state index is 10.9. The van der Waals surface area contributed by atoms with Gasteiger partial charge in [-0.25, -0.2) is 4.98 Å². The van der Waals surface area contributed by atoms with Gasteiger partial charge < -0.3 is 9.88 Å². The van der Waals surface area contributed by atoms with E-state index < -0.39 is 4.92 Å². The summed E-state index contributed by atoms with van der Waals surface area (Å²) in [6, 6.07) is 14.6. The maximum atomic E-state index is 10.9. The van der Waals surface area contributed by atoms with Gasteiger partial charge in [-0.2, -0.15) is 0 Å². The molecule has 0 atom stereocenters. The molecule has 2 aromatic carbocycles. The second kappa shape index (κ2) is 6.84. The van der Waals surface area contributed by atoms with E-state index in [1.165, 1.54) is 6.07 Å². The number of non-ortho nitro benzene ring substituents is 1. The third-order valence-electron chi connectivity index (χ3n) is 3.70. The molecular weight excluding hydrogens is 372 g/mol. The van der Waals surface area contributed by atoms with Gasteiger partial charge in [-0.15, -0.1) is 0 Å². The van der Waals surface area contributed by atoms with Gasteiger partial charge in [0.2, 0.25) is 5.95 Å². The summed E-state index contributed by atoms with van der Waals surface area (Å²) in [6.45, 7) is 0.645. The summed E-state index contributed by atoms with van der Waals surface area (Å²) in [5, 5.41) is 14.2. The SMILES string of the molecule is Cn1c(-c2cccc([N+](=O)[O-])c2)cnc1NCc1ccc(Br)cc1. The van der Waals surface area contributed by atoms with Crippen molar-refractivity contribution in [1.29, 1.82) is 0 Å². The van der Waals surface area contributed by atoms with Crippen molar-refractivity contribution in [3.05, 3.63) is 74.9 Å². The molecule has 7 heteroatoms. The van der Waals surface area contributed by atoms with Crippen LogP contribution in [0.4, 0.5) is 11.6 Å². The monoisotopic (exact) mass is 386 g/mol. The normalized spacial score (nSPS) is 10.6. The lowest BCUT2D eigenvalue weighted by Crippen LogP contribution is -2.05. The Morgan fingerprint density at radius 3 is 2.71 bits per heavy atom. The number of imidazole rings is 1. The second-order valence-corrected chi connectivity index (χ2v) is 6.23. The highest BCUT2D eigenvalue weighted by Crippen LogP contribution is 2.25. The van der Waals surface area contributed by atoms with Crippen molar-refractivity contribution in [3.63, 3.8) is 0 Å². The number of nitrogens with one attached hydrogen (secondary N) is 1. The van der Waals surface area contributed by atoms with E-state index in [0.29, 0.717) is 12.5 Å². The molecule has 0 radical (unpaired) electrons. The fourth-order valence-corrected chi connectivity index (χ4v) is 2.67. The van der Waals surface area contributed by atoms with E-state index in [1.54, 1.807) is 18.3 Å². The fraction of sp³-hybridized carbons (Fsp3) is 0.118. The van der Waals surface area contributed by atoms with E-state index >= 15 is 0 Å². The standard InChI is InChI=1S/C17H15BrN4O2/c1-21-16(13-3-2-4-15(9-13)22(23)24)11-20-17(21)19-10-12-5-7-14(18)8-6-12/h2-9,11H,10H2,1H3,(H,19,20). The van der Waals surface area contributed by atoms with Crippen molar-refractivity contribution in [2.24, 2.45) is 7.05 Å². The first-order valence-corrected chi connectivity index (χ1v) is 8.09. The lowest BCUT2D eigenvalue weighted by atomic mass is 10.1. The number of halogens is 1. The van der Waals surface area contributed by atoms with Crippen LogP contribution in [0.1, 0.15) is 5.56 Å². The van der Waals surface area contributed by atoms with E-state index in [0.717, 1.165) is 21.3 Å². The second-order valence-electron chi connectivity index (χ2n) is 5.31. The minimum Gasteiger partial charge on any atom is -0.352 e. The van der Waals surface area contributed by atoms with Crippen molar-refractivity contribution < 1.29 is 4.92 Å². The number of aromatic nitrogens is 2. The third-order valence-corrected chi connectivity index (χ3v) is 4.23. The number of hydrogen-bond donors (Lipinski definition) is 1. The Morgan fingerprint density at radius 2 is 2.00 bits per heavy atom. The molecule has 3 aromatic rings. The first kappa shape index (κ1) is 16.2. The molecule has 0 unspecified atom stereocenters. The minimum absolute atomic E-state index is 0.0677. The number of hydrogen-bond acceptors (Lipinski definition) is 4. The van der Waals surface area contributed by atoms with Crippen LogP contribution in [0.2, 0.25) is 0 Å². The van der Waals surface area contributed by atoms with Crippen molar-refractivity contribution >= 4 is 27.6 Å². The number of nitro groups is 1. The van der Waals surface area contributed by atoms with Crippen LogP contribution < -0.4 is 5.32 Å². The van der Waals surface area contributed by atoms with Crippen LogP contribution in [-0.4, -0.2) is 14.5 Å². The third kappa shape index (κ3) is 3.46. The number of anilines is 1. The number of nitro benzene ring substituents is 1. The average Bonchev–Trinajstić information content (AvgIpc) is 2.95. The predicted octanol–water partition coefficient (Wildman–Crippen LogP) is 4.37. The molecule has 24 heavy (non-hydrogen) atoms. The molecule has 0 saturated heterocycles. The molecular formula is C17H15BrN4O2. The maximum Gasteiger partial charge on any atom is 0.270 e. The van der Waals surface area contributed by atoms with Gasteiger partial charge in [0.05, 0.1) is 16.8 Å². The van der Waals surface area contributed by atoms with Gasteiger partial charge in [0.1, 0.15) is 0 Å². The Morgan fingerprint density at radius 1 is 1.25 bits per heavy atom. The molecule has 0 aliphatic heterocycles. The fourth-order valence-electron chi connectivity index (χ4n) is 2.40. The zero-order valence-electron chi connectivity index (χ0n) is 12.9.